The van der Waals surface area contributed by atoms with Gasteiger partial charge in [0.2, 0.25) is 0 Å². The van der Waals surface area contributed by atoms with Gasteiger partial charge in [-0.05, 0) is 56.0 Å². The van der Waals surface area contributed by atoms with Crippen LogP contribution in [0.4, 0.5) is 0 Å². The minimum atomic E-state index is -0.624. The normalized spacial score (nSPS) is 41.9. The highest BCUT2D eigenvalue weighted by Crippen LogP contribution is 2.67. The summed E-state index contributed by atoms with van der Waals surface area (Å²) in [7, 11) is 0. The number of hydrogen-bond donors (Lipinski definition) is 2. The van der Waals surface area contributed by atoms with Crippen molar-refractivity contribution in [2.24, 2.45) is 28.1 Å². The number of ether oxygens (including phenoxy) is 1. The van der Waals surface area contributed by atoms with Crippen molar-refractivity contribution in [3.05, 3.63) is 24.3 Å². The molecule has 194 valence electrons. The number of aliphatic hydroxyl groups is 2. The zero-order chi connectivity index (χ0) is 25.3. The third-order valence-electron chi connectivity index (χ3n) is 9.82. The Bertz CT molecular complexity index is 782. The van der Waals surface area contributed by atoms with Crippen molar-refractivity contribution in [2.75, 3.05) is 31.1 Å². The van der Waals surface area contributed by atoms with Crippen LogP contribution in [0.1, 0.15) is 67.2 Å². The van der Waals surface area contributed by atoms with Gasteiger partial charge >= 0.3 is 5.97 Å². The number of carbonyl (C=O) groups excluding carboxylic acids is 1. The number of rotatable bonds is 9. The Labute approximate surface area is 211 Å². The molecule has 5 nitrogen and oxygen atoms in total. The molecule has 0 amide bonds. The Morgan fingerprint density at radius 2 is 1.94 bits per heavy atom. The Kier molecular flexibility index (Phi) is 8.70. The quantitative estimate of drug-likeness (QED) is 0.276. The molecule has 2 bridgehead atoms. The molecule has 3 aliphatic carbocycles. The van der Waals surface area contributed by atoms with E-state index in [9.17, 15) is 15.0 Å². The highest BCUT2D eigenvalue weighted by Gasteiger charge is 2.63. The summed E-state index contributed by atoms with van der Waals surface area (Å²) < 4.78 is 6.31. The van der Waals surface area contributed by atoms with Crippen molar-refractivity contribution in [1.82, 2.24) is 4.90 Å². The molecule has 2 saturated carbocycles. The van der Waals surface area contributed by atoms with Crippen LogP contribution in [0.3, 0.4) is 0 Å². The van der Waals surface area contributed by atoms with E-state index in [1.54, 1.807) is 11.8 Å². The molecule has 2 fully saturated rings. The van der Waals surface area contributed by atoms with Gasteiger partial charge in [-0.25, -0.2) is 0 Å². The van der Waals surface area contributed by atoms with E-state index < -0.39 is 17.6 Å². The summed E-state index contributed by atoms with van der Waals surface area (Å²) in [6, 6.07) is 0. The number of thioether (sulfide) groups is 1. The second kappa shape index (κ2) is 10.7. The highest BCUT2D eigenvalue weighted by molar-refractivity contribution is 7.99. The first-order chi connectivity index (χ1) is 16.0. The van der Waals surface area contributed by atoms with Crippen LogP contribution in [0, 0.1) is 28.1 Å². The van der Waals surface area contributed by atoms with E-state index in [0.29, 0.717) is 24.5 Å². The van der Waals surface area contributed by atoms with Gasteiger partial charge in [0.1, 0.15) is 6.10 Å². The smallest absolute Gasteiger partial charge is 0.316 e. The summed E-state index contributed by atoms with van der Waals surface area (Å²) in [5, 5.41) is 22.4. The van der Waals surface area contributed by atoms with Crippen LogP contribution in [0.5, 0.6) is 0 Å². The van der Waals surface area contributed by atoms with E-state index in [4.69, 9.17) is 4.74 Å². The van der Waals surface area contributed by atoms with Crippen LogP contribution >= 0.6 is 11.8 Å². The van der Waals surface area contributed by atoms with Gasteiger partial charge in [-0.2, -0.15) is 0 Å². The van der Waals surface area contributed by atoms with Crippen molar-refractivity contribution in [2.45, 2.75) is 85.5 Å². The predicted molar refractivity (Wildman–Crippen MR) is 141 cm³/mol. The van der Waals surface area contributed by atoms with Gasteiger partial charge in [-0.15, -0.1) is 18.3 Å². The Morgan fingerprint density at radius 1 is 1.26 bits per heavy atom. The molecular weight excluding hydrogens is 446 g/mol. The van der Waals surface area contributed by atoms with Crippen LogP contribution in [0.25, 0.3) is 0 Å². The van der Waals surface area contributed by atoms with Gasteiger partial charge in [0, 0.05) is 23.1 Å². The third-order valence-corrected chi connectivity index (χ3v) is 10.7. The van der Waals surface area contributed by atoms with E-state index in [-0.39, 0.29) is 28.8 Å². The molecule has 1 unspecified atom stereocenters. The fourth-order valence-corrected chi connectivity index (χ4v) is 7.86. The summed E-state index contributed by atoms with van der Waals surface area (Å²) in [4.78, 5) is 15.4. The molecule has 0 aromatic carbocycles. The number of nitrogens with zero attached hydrogens (tertiary/aromatic N) is 1. The van der Waals surface area contributed by atoms with E-state index in [1.807, 2.05) is 19.1 Å². The van der Waals surface area contributed by atoms with E-state index in [1.165, 1.54) is 5.57 Å². The van der Waals surface area contributed by atoms with Crippen LogP contribution in [0.15, 0.2) is 24.3 Å². The molecule has 0 aliphatic heterocycles. The van der Waals surface area contributed by atoms with Crippen molar-refractivity contribution in [3.63, 3.8) is 0 Å². The summed E-state index contributed by atoms with van der Waals surface area (Å²) in [6.07, 6.45) is 5.47. The fourth-order valence-electron chi connectivity index (χ4n) is 7.10. The lowest BCUT2D eigenvalue weighted by Gasteiger charge is -2.60. The molecule has 0 spiro atoms. The standard InChI is InChI=1S/C28H47NO4S/c1-8-26(6)17-23(33-24(31)18-34-14-13-29(9-2)10-3)27(7)19(4)11-12-28(20(5)25(26)32)16-21(30)15-22(27)28/h8,15,19-21,23,25,30,32H,1,9-14,16-18H2,2-7H3/t19-,20+,21?,23-,25+,26-,27-,28+/m1/s1. The van der Waals surface area contributed by atoms with Crippen LogP contribution in [0.2, 0.25) is 0 Å². The second-order valence-corrected chi connectivity index (χ2v) is 12.5. The molecule has 0 heterocycles. The Morgan fingerprint density at radius 3 is 2.56 bits per heavy atom. The van der Waals surface area contributed by atoms with Gasteiger partial charge in [-0.3, -0.25) is 4.79 Å². The van der Waals surface area contributed by atoms with Gasteiger partial charge in [0.25, 0.3) is 0 Å². The Hall–Kier alpha value is -0.820. The van der Waals surface area contributed by atoms with Crippen LogP contribution in [-0.4, -0.2) is 70.5 Å². The first-order valence-electron chi connectivity index (χ1n) is 13.2. The van der Waals surface area contributed by atoms with Gasteiger partial charge in [0.05, 0.1) is 18.0 Å². The average Bonchev–Trinajstić information content (AvgIpc) is 3.17. The predicted octanol–water partition coefficient (Wildman–Crippen LogP) is 4.68. The van der Waals surface area contributed by atoms with E-state index >= 15 is 0 Å². The lowest BCUT2D eigenvalue weighted by Crippen LogP contribution is -2.58. The summed E-state index contributed by atoms with van der Waals surface area (Å²) in [5.41, 5.74) is -0.0231. The minimum absolute atomic E-state index is 0.0157. The lowest BCUT2D eigenvalue weighted by molar-refractivity contribution is -0.168. The first kappa shape index (κ1) is 27.8. The second-order valence-electron chi connectivity index (χ2n) is 11.4. The summed E-state index contributed by atoms with van der Waals surface area (Å²) >= 11 is 1.63. The summed E-state index contributed by atoms with van der Waals surface area (Å²) in [6.45, 7) is 20.1. The van der Waals surface area contributed by atoms with Gasteiger partial charge in [-0.1, -0.05) is 59.3 Å². The maximum atomic E-state index is 13.1. The topological polar surface area (TPSA) is 70.0 Å². The molecule has 3 aliphatic rings. The molecule has 0 radical (unpaired) electrons. The maximum Gasteiger partial charge on any atom is 0.316 e. The molecular formula is C28H47NO4S. The zero-order valence-corrected chi connectivity index (χ0v) is 23.0. The number of esters is 1. The van der Waals surface area contributed by atoms with Crippen molar-refractivity contribution in [3.8, 4) is 0 Å². The summed E-state index contributed by atoms with van der Waals surface area (Å²) in [5.74, 6) is 1.34. The number of hydrogen-bond acceptors (Lipinski definition) is 6. The van der Waals surface area contributed by atoms with Gasteiger partial charge in [0.15, 0.2) is 0 Å². The monoisotopic (exact) mass is 493 g/mol. The molecule has 3 rings (SSSR count). The Balaban J connectivity index is 1.88. The molecule has 2 N–H and O–H groups in total. The molecule has 6 heteroatoms. The molecule has 0 aromatic rings. The van der Waals surface area contributed by atoms with E-state index in [0.717, 1.165) is 38.2 Å². The van der Waals surface area contributed by atoms with Crippen LogP contribution in [-0.2, 0) is 9.53 Å². The molecule has 8 atom stereocenters. The van der Waals surface area contributed by atoms with Crippen molar-refractivity contribution < 1.29 is 19.7 Å². The van der Waals surface area contributed by atoms with E-state index in [2.05, 4.69) is 46.1 Å². The number of aliphatic hydroxyl groups excluding tert-OH is 2. The third kappa shape index (κ3) is 4.77. The SMILES string of the molecule is C=C[C@]1(C)C[C@@H](OC(=O)CSCCN(CC)CC)[C@@]2(C)C3=CC(O)C[C@@]3(CC[C@H]2C)[C@@H](C)[C@@H]1O. The minimum Gasteiger partial charge on any atom is -0.461 e. The lowest BCUT2D eigenvalue weighted by atomic mass is 9.46. The van der Waals surface area contributed by atoms with Gasteiger partial charge < -0.3 is 19.8 Å². The maximum absolute atomic E-state index is 13.1. The average molecular weight is 494 g/mol. The molecule has 0 saturated heterocycles. The molecule has 0 aromatic heterocycles. The fraction of sp³-hybridized carbons (Fsp3) is 0.821. The highest BCUT2D eigenvalue weighted by atomic mass is 32.2. The first-order valence-corrected chi connectivity index (χ1v) is 14.4. The van der Waals surface area contributed by atoms with Crippen molar-refractivity contribution in [1.29, 1.82) is 0 Å². The van der Waals surface area contributed by atoms with Crippen LogP contribution < -0.4 is 0 Å². The molecule has 34 heavy (non-hydrogen) atoms. The van der Waals surface area contributed by atoms with Crippen molar-refractivity contribution >= 4 is 17.7 Å². The largest absolute Gasteiger partial charge is 0.461 e. The number of carbonyl (C=O) groups is 1. The zero-order valence-electron chi connectivity index (χ0n) is 22.2.